The maximum atomic E-state index is 12.7. The quantitative estimate of drug-likeness (QED) is 0.270. The van der Waals surface area contributed by atoms with E-state index in [1.165, 1.54) is 19.2 Å². The number of piperidine rings is 1. The first-order chi connectivity index (χ1) is 13.3. The summed E-state index contributed by atoms with van der Waals surface area (Å²) >= 11 is 0. The number of hydrogen-bond acceptors (Lipinski definition) is 3. The Labute approximate surface area is 185 Å². The van der Waals surface area contributed by atoms with Crippen LogP contribution in [0.25, 0.3) is 0 Å². The second kappa shape index (κ2) is 11.7. The third-order valence-corrected chi connectivity index (χ3v) is 4.26. The lowest BCUT2D eigenvalue weighted by atomic mass is 10.1. The summed E-state index contributed by atoms with van der Waals surface area (Å²) in [6.07, 6.45) is -3.20. The zero-order chi connectivity index (χ0) is 20.6. The van der Waals surface area contributed by atoms with E-state index < -0.39 is 11.7 Å². The number of hydrogen-bond donors (Lipinski definition) is 2. The summed E-state index contributed by atoms with van der Waals surface area (Å²) in [5, 5.41) is 6.27. The molecule has 6 nitrogen and oxygen atoms in total. The Balaban J connectivity index is 0.00000420. The third-order valence-electron chi connectivity index (χ3n) is 4.26. The van der Waals surface area contributed by atoms with E-state index in [1.807, 2.05) is 0 Å². The number of rotatable bonds is 2. The molecule has 1 amide bonds. The summed E-state index contributed by atoms with van der Waals surface area (Å²) in [5.41, 5.74) is -0.419. The van der Waals surface area contributed by atoms with Crippen molar-refractivity contribution in [3.8, 4) is 11.8 Å². The Bertz CT molecular complexity index is 767. The van der Waals surface area contributed by atoms with Crippen molar-refractivity contribution in [3.05, 3.63) is 35.4 Å². The molecule has 1 aromatic rings. The number of halogens is 4. The van der Waals surface area contributed by atoms with Crippen LogP contribution in [-0.4, -0.2) is 56.8 Å². The fraction of sp³-hybridized carbons (Fsp3) is 0.474. The van der Waals surface area contributed by atoms with E-state index in [1.54, 1.807) is 11.9 Å². The van der Waals surface area contributed by atoms with Gasteiger partial charge in [-0.1, -0.05) is 17.9 Å². The average Bonchev–Trinajstić information content (AvgIpc) is 2.69. The minimum absolute atomic E-state index is 0. The van der Waals surface area contributed by atoms with Gasteiger partial charge in [0.25, 0.3) is 0 Å². The maximum absolute atomic E-state index is 12.7. The minimum atomic E-state index is -4.38. The van der Waals surface area contributed by atoms with Crippen LogP contribution in [0.1, 0.15) is 24.0 Å². The highest BCUT2D eigenvalue weighted by molar-refractivity contribution is 14.0. The van der Waals surface area contributed by atoms with E-state index in [2.05, 4.69) is 27.5 Å². The van der Waals surface area contributed by atoms with E-state index in [0.717, 1.165) is 25.0 Å². The second-order valence-electron chi connectivity index (χ2n) is 6.18. The van der Waals surface area contributed by atoms with E-state index >= 15 is 0 Å². The number of nitrogens with one attached hydrogen (secondary N) is 2. The smallest absolute Gasteiger partial charge is 0.416 e. The van der Waals surface area contributed by atoms with Gasteiger partial charge in [-0.25, -0.2) is 4.79 Å². The molecule has 2 rings (SSSR count). The molecule has 10 heteroatoms. The van der Waals surface area contributed by atoms with E-state index in [9.17, 15) is 18.0 Å². The molecule has 1 aromatic carbocycles. The average molecular weight is 524 g/mol. The Morgan fingerprint density at radius 1 is 1.34 bits per heavy atom. The summed E-state index contributed by atoms with van der Waals surface area (Å²) in [6, 6.07) is 5.06. The first-order valence-electron chi connectivity index (χ1n) is 8.79. The largest absolute Gasteiger partial charge is 0.453 e. The van der Waals surface area contributed by atoms with Gasteiger partial charge in [-0.2, -0.15) is 13.2 Å². The molecule has 0 aromatic heterocycles. The minimum Gasteiger partial charge on any atom is -0.453 e. The van der Waals surface area contributed by atoms with Crippen LogP contribution in [-0.2, 0) is 10.9 Å². The maximum Gasteiger partial charge on any atom is 0.416 e. The van der Waals surface area contributed by atoms with Gasteiger partial charge in [-0.05, 0) is 31.0 Å². The number of methoxy groups -OCH3 is 1. The third kappa shape index (κ3) is 8.00. The summed E-state index contributed by atoms with van der Waals surface area (Å²) in [6.45, 7) is 1.42. The molecule has 0 bridgehead atoms. The normalized spacial score (nSPS) is 14.9. The van der Waals surface area contributed by atoms with Crippen LogP contribution in [0.4, 0.5) is 18.0 Å². The zero-order valence-corrected chi connectivity index (χ0v) is 18.5. The summed E-state index contributed by atoms with van der Waals surface area (Å²) in [4.78, 5) is 17.3. The molecule has 0 radical (unpaired) electrons. The highest BCUT2D eigenvalue weighted by Crippen LogP contribution is 2.29. The Hall–Kier alpha value is -2.16. The molecule has 160 valence electrons. The number of carbonyl (C=O) groups excluding carboxylic acids is 1. The Morgan fingerprint density at radius 2 is 2.03 bits per heavy atom. The van der Waals surface area contributed by atoms with Crippen molar-refractivity contribution in [1.82, 2.24) is 15.5 Å². The molecule has 0 aliphatic carbocycles. The van der Waals surface area contributed by atoms with Gasteiger partial charge >= 0.3 is 12.3 Å². The van der Waals surface area contributed by atoms with Crippen LogP contribution in [0.5, 0.6) is 0 Å². The number of carbonyl (C=O) groups is 1. The van der Waals surface area contributed by atoms with Crippen LogP contribution in [0.3, 0.4) is 0 Å². The summed E-state index contributed by atoms with van der Waals surface area (Å²) in [5.74, 6) is 6.06. The van der Waals surface area contributed by atoms with Crippen LogP contribution >= 0.6 is 24.0 Å². The standard InChI is InChI=1S/C19H23F3N4O2.HI/c1-23-17(25-16-8-11-26(12-9-16)18(27)28-2)24-10-4-6-14-5-3-7-15(13-14)19(20,21)22;/h3,5,7,13,16H,8-12H2,1-2H3,(H2,23,24,25);1H. The lowest BCUT2D eigenvalue weighted by molar-refractivity contribution is -0.137. The number of guanidine groups is 1. The van der Waals surface area contributed by atoms with Crippen LogP contribution in [0, 0.1) is 11.8 Å². The highest BCUT2D eigenvalue weighted by Gasteiger charge is 2.30. The fourth-order valence-corrected chi connectivity index (χ4v) is 2.77. The number of ether oxygens (including phenoxy) is 1. The molecule has 1 aliphatic rings. The predicted molar refractivity (Wildman–Crippen MR) is 115 cm³/mol. The Morgan fingerprint density at radius 3 is 2.62 bits per heavy atom. The first-order valence-corrected chi connectivity index (χ1v) is 8.79. The molecule has 1 heterocycles. The van der Waals surface area contributed by atoms with E-state index in [0.29, 0.717) is 24.6 Å². The molecule has 1 fully saturated rings. The summed E-state index contributed by atoms with van der Waals surface area (Å²) in [7, 11) is 2.98. The molecular formula is C19H24F3IN4O2. The molecular weight excluding hydrogens is 500 g/mol. The van der Waals surface area contributed by atoms with Gasteiger partial charge in [0.1, 0.15) is 0 Å². The molecule has 0 spiro atoms. The van der Waals surface area contributed by atoms with Crippen molar-refractivity contribution in [2.24, 2.45) is 4.99 Å². The lowest BCUT2D eigenvalue weighted by Crippen LogP contribution is -2.49. The first kappa shape index (κ1) is 24.9. The van der Waals surface area contributed by atoms with Gasteiger partial charge < -0.3 is 20.3 Å². The zero-order valence-electron chi connectivity index (χ0n) is 16.2. The number of amides is 1. The van der Waals surface area contributed by atoms with E-state index in [4.69, 9.17) is 4.74 Å². The van der Waals surface area contributed by atoms with Gasteiger partial charge in [-0.15, -0.1) is 24.0 Å². The van der Waals surface area contributed by atoms with Crippen molar-refractivity contribution in [3.63, 3.8) is 0 Å². The van der Waals surface area contributed by atoms with Gasteiger partial charge in [0.15, 0.2) is 5.96 Å². The van der Waals surface area contributed by atoms with Crippen molar-refractivity contribution < 1.29 is 22.7 Å². The van der Waals surface area contributed by atoms with Crippen LogP contribution < -0.4 is 10.6 Å². The number of aliphatic imine (C=N–C) groups is 1. The van der Waals surface area contributed by atoms with Crippen LogP contribution in [0.15, 0.2) is 29.3 Å². The lowest BCUT2D eigenvalue weighted by Gasteiger charge is -2.32. The fourth-order valence-electron chi connectivity index (χ4n) is 2.77. The molecule has 1 saturated heterocycles. The predicted octanol–water partition coefficient (Wildman–Crippen LogP) is 3.07. The molecule has 0 atom stereocenters. The van der Waals surface area contributed by atoms with Crippen molar-refractivity contribution in [2.45, 2.75) is 25.1 Å². The monoisotopic (exact) mass is 524 g/mol. The van der Waals surface area contributed by atoms with Crippen molar-refractivity contribution in [2.75, 3.05) is 33.8 Å². The SMILES string of the molecule is CN=C(NCC#Cc1cccc(C(F)(F)F)c1)NC1CCN(C(=O)OC)CC1.I. The van der Waals surface area contributed by atoms with Gasteiger partial charge in [0.2, 0.25) is 0 Å². The van der Waals surface area contributed by atoms with Gasteiger partial charge in [0.05, 0.1) is 19.2 Å². The molecule has 0 saturated carbocycles. The summed E-state index contributed by atoms with van der Waals surface area (Å²) < 4.78 is 42.8. The molecule has 0 unspecified atom stereocenters. The van der Waals surface area contributed by atoms with Gasteiger partial charge in [-0.3, -0.25) is 4.99 Å². The Kier molecular flexibility index (Phi) is 10.1. The number of likely N-dealkylation sites (tertiary alicyclic amines) is 1. The number of benzene rings is 1. The van der Waals surface area contributed by atoms with Crippen molar-refractivity contribution in [1.29, 1.82) is 0 Å². The molecule has 2 N–H and O–H groups in total. The van der Waals surface area contributed by atoms with E-state index in [-0.39, 0.29) is 42.7 Å². The van der Waals surface area contributed by atoms with Gasteiger partial charge in [0, 0.05) is 31.7 Å². The number of nitrogens with zero attached hydrogens (tertiary/aromatic N) is 2. The topological polar surface area (TPSA) is 66.0 Å². The highest BCUT2D eigenvalue weighted by atomic mass is 127. The van der Waals surface area contributed by atoms with Crippen LogP contribution in [0.2, 0.25) is 0 Å². The second-order valence-corrected chi connectivity index (χ2v) is 6.18. The molecule has 29 heavy (non-hydrogen) atoms. The molecule has 1 aliphatic heterocycles. The number of alkyl halides is 3. The van der Waals surface area contributed by atoms with Crippen molar-refractivity contribution >= 4 is 36.0 Å².